The van der Waals surface area contributed by atoms with Crippen molar-refractivity contribution in [3.8, 4) is 5.75 Å². The maximum atomic E-state index is 11.6. The van der Waals surface area contributed by atoms with Crippen LogP contribution in [0.25, 0.3) is 0 Å². The third-order valence-corrected chi connectivity index (χ3v) is 5.56. The van der Waals surface area contributed by atoms with E-state index in [1.54, 1.807) is 7.05 Å². The molecule has 1 heterocycles. The number of likely N-dealkylation sites (N-methyl/N-ethyl adjacent to an activating group) is 1. The van der Waals surface area contributed by atoms with Gasteiger partial charge in [0.2, 0.25) is 0 Å². The topological polar surface area (TPSA) is 78.0 Å². The molecule has 0 bridgehead atoms. The zero-order valence-corrected chi connectivity index (χ0v) is 21.9. The number of aliphatic imine (C=N–C) groups is 1. The summed E-state index contributed by atoms with van der Waals surface area (Å²) in [5, 5.41) is 9.58. The third kappa shape index (κ3) is 9.21. The van der Waals surface area contributed by atoms with Gasteiger partial charge < -0.3 is 20.7 Å². The maximum Gasteiger partial charge on any atom is 0.257 e. The minimum Gasteiger partial charge on any atom is -0.484 e. The summed E-state index contributed by atoms with van der Waals surface area (Å²) in [7, 11) is 1.79. The van der Waals surface area contributed by atoms with Gasteiger partial charge in [0.25, 0.3) is 5.91 Å². The normalized spacial score (nSPS) is 16.1. The highest BCUT2D eigenvalue weighted by molar-refractivity contribution is 14.0. The van der Waals surface area contributed by atoms with Crippen LogP contribution in [0.2, 0.25) is 0 Å². The van der Waals surface area contributed by atoms with Gasteiger partial charge in [0.05, 0.1) is 0 Å². The van der Waals surface area contributed by atoms with Crippen LogP contribution >= 0.6 is 24.0 Å². The molecule has 1 aliphatic rings. The first-order valence-electron chi connectivity index (χ1n) is 11.4. The van der Waals surface area contributed by atoms with Crippen LogP contribution in [-0.2, 0) is 17.9 Å². The van der Waals surface area contributed by atoms with Gasteiger partial charge in [-0.2, -0.15) is 0 Å². The summed E-state index contributed by atoms with van der Waals surface area (Å²) in [5.41, 5.74) is 2.42. The Labute approximate surface area is 214 Å². The van der Waals surface area contributed by atoms with Crippen molar-refractivity contribution in [2.24, 2.45) is 4.99 Å². The summed E-state index contributed by atoms with van der Waals surface area (Å²) < 4.78 is 5.58. The molecule has 8 heteroatoms. The molecule has 1 atom stereocenters. The third-order valence-electron chi connectivity index (χ3n) is 5.56. The number of guanidine groups is 1. The molecule has 1 unspecified atom stereocenters. The van der Waals surface area contributed by atoms with E-state index in [1.165, 1.54) is 18.4 Å². The van der Waals surface area contributed by atoms with Crippen molar-refractivity contribution >= 4 is 35.8 Å². The fourth-order valence-electron chi connectivity index (χ4n) is 3.92. The molecule has 0 spiro atoms. The Morgan fingerprint density at radius 3 is 2.64 bits per heavy atom. The molecule has 1 aliphatic heterocycles. The van der Waals surface area contributed by atoms with Gasteiger partial charge in [-0.3, -0.25) is 14.7 Å². The number of hydrogen-bond acceptors (Lipinski definition) is 4. The molecular formula is C25H36IN5O2. The van der Waals surface area contributed by atoms with E-state index in [4.69, 9.17) is 4.74 Å². The minimum absolute atomic E-state index is 0. The summed E-state index contributed by atoms with van der Waals surface area (Å²) in [6, 6.07) is 18.9. The van der Waals surface area contributed by atoms with Crippen LogP contribution in [0.1, 0.15) is 30.9 Å². The largest absolute Gasteiger partial charge is 0.484 e. The van der Waals surface area contributed by atoms with Crippen LogP contribution < -0.4 is 20.7 Å². The van der Waals surface area contributed by atoms with Crippen molar-refractivity contribution in [1.82, 2.24) is 20.9 Å². The molecule has 0 aromatic heterocycles. The molecule has 0 aliphatic carbocycles. The molecule has 0 radical (unpaired) electrons. The molecule has 2 aromatic carbocycles. The van der Waals surface area contributed by atoms with E-state index >= 15 is 0 Å². The molecule has 2 aromatic rings. The summed E-state index contributed by atoms with van der Waals surface area (Å²) in [6.45, 7) is 6.12. The lowest BCUT2D eigenvalue weighted by Gasteiger charge is -2.25. The molecule has 1 fully saturated rings. The van der Waals surface area contributed by atoms with Crippen LogP contribution in [0, 0.1) is 0 Å². The number of ether oxygens (including phenoxy) is 1. The van der Waals surface area contributed by atoms with Crippen molar-refractivity contribution in [3.05, 3.63) is 65.7 Å². The Hall–Kier alpha value is -2.33. The van der Waals surface area contributed by atoms with Crippen molar-refractivity contribution in [1.29, 1.82) is 0 Å². The van der Waals surface area contributed by atoms with Gasteiger partial charge in [-0.25, -0.2) is 0 Å². The summed E-state index contributed by atoms with van der Waals surface area (Å²) in [4.78, 5) is 18.5. The summed E-state index contributed by atoms with van der Waals surface area (Å²) >= 11 is 0. The number of amides is 1. The van der Waals surface area contributed by atoms with Gasteiger partial charge in [-0.1, -0.05) is 42.5 Å². The highest BCUT2D eigenvalue weighted by atomic mass is 127. The van der Waals surface area contributed by atoms with E-state index in [9.17, 15) is 4.79 Å². The van der Waals surface area contributed by atoms with E-state index < -0.39 is 0 Å². The Bertz CT molecular complexity index is 878. The lowest BCUT2D eigenvalue weighted by atomic mass is 10.2. The van der Waals surface area contributed by atoms with E-state index in [2.05, 4.69) is 56.2 Å². The number of nitrogens with zero attached hydrogens (tertiary/aromatic N) is 2. The molecule has 7 nitrogen and oxygen atoms in total. The molecular weight excluding hydrogens is 529 g/mol. The maximum absolute atomic E-state index is 11.6. The first-order chi connectivity index (χ1) is 15.7. The second-order valence-corrected chi connectivity index (χ2v) is 7.95. The SMILES string of the molecule is CCNC(=O)COc1cccc(CNC(=NC)NCC2CCCN2Cc2ccccc2)c1.I. The lowest BCUT2D eigenvalue weighted by Crippen LogP contribution is -2.44. The average molecular weight is 566 g/mol. The van der Waals surface area contributed by atoms with Crippen molar-refractivity contribution in [2.45, 2.75) is 38.9 Å². The first-order valence-corrected chi connectivity index (χ1v) is 11.4. The molecule has 1 amide bonds. The van der Waals surface area contributed by atoms with Gasteiger partial charge in [0.1, 0.15) is 5.75 Å². The van der Waals surface area contributed by atoms with Gasteiger partial charge in [0.15, 0.2) is 12.6 Å². The molecule has 33 heavy (non-hydrogen) atoms. The first kappa shape index (κ1) is 26.9. The Morgan fingerprint density at radius 2 is 1.88 bits per heavy atom. The highest BCUT2D eigenvalue weighted by Gasteiger charge is 2.24. The zero-order valence-electron chi connectivity index (χ0n) is 19.5. The molecule has 3 N–H and O–H groups in total. The standard InChI is InChI=1S/C25H35N5O2.HI/c1-3-27-24(31)19-32-23-13-7-11-21(15-23)16-28-25(26-2)29-17-22-12-8-14-30(22)18-20-9-5-4-6-10-20;/h4-7,9-11,13,15,22H,3,8,12,14,16-19H2,1-2H3,(H,27,31)(H2,26,28,29);1H. The van der Waals surface area contributed by atoms with Gasteiger partial charge >= 0.3 is 0 Å². The summed E-state index contributed by atoms with van der Waals surface area (Å²) in [5.74, 6) is 1.35. The fraction of sp³-hybridized carbons (Fsp3) is 0.440. The number of hydrogen-bond donors (Lipinski definition) is 3. The number of benzene rings is 2. The number of likely N-dealkylation sites (tertiary alicyclic amines) is 1. The van der Waals surface area contributed by atoms with Crippen LogP contribution in [0.3, 0.4) is 0 Å². The molecule has 3 rings (SSSR count). The predicted octanol–water partition coefficient (Wildman–Crippen LogP) is 3.15. The number of rotatable bonds is 10. The van der Waals surface area contributed by atoms with E-state index in [0.717, 1.165) is 31.2 Å². The van der Waals surface area contributed by atoms with Crippen molar-refractivity contribution in [2.75, 3.05) is 33.3 Å². The van der Waals surface area contributed by atoms with Crippen LogP contribution in [-0.4, -0.2) is 56.1 Å². The van der Waals surface area contributed by atoms with Crippen LogP contribution in [0.4, 0.5) is 0 Å². The Balaban J connectivity index is 0.00000385. The van der Waals surface area contributed by atoms with E-state index in [0.29, 0.717) is 24.9 Å². The van der Waals surface area contributed by atoms with Crippen molar-refractivity contribution < 1.29 is 9.53 Å². The Morgan fingerprint density at radius 1 is 1.09 bits per heavy atom. The van der Waals surface area contributed by atoms with Crippen LogP contribution in [0.15, 0.2) is 59.6 Å². The number of carbonyl (C=O) groups is 1. The van der Waals surface area contributed by atoms with Gasteiger partial charge in [0, 0.05) is 39.3 Å². The van der Waals surface area contributed by atoms with Crippen molar-refractivity contribution in [3.63, 3.8) is 0 Å². The number of halogens is 1. The molecule has 1 saturated heterocycles. The predicted molar refractivity (Wildman–Crippen MR) is 144 cm³/mol. The number of nitrogens with one attached hydrogen (secondary N) is 3. The fourth-order valence-corrected chi connectivity index (χ4v) is 3.92. The summed E-state index contributed by atoms with van der Waals surface area (Å²) in [6.07, 6.45) is 2.43. The average Bonchev–Trinajstić information content (AvgIpc) is 3.26. The minimum atomic E-state index is -0.117. The highest BCUT2D eigenvalue weighted by Crippen LogP contribution is 2.19. The van der Waals surface area contributed by atoms with Gasteiger partial charge in [-0.15, -0.1) is 24.0 Å². The Kier molecular flexibility index (Phi) is 12.0. The van der Waals surface area contributed by atoms with Gasteiger partial charge in [-0.05, 0) is 49.6 Å². The monoisotopic (exact) mass is 565 g/mol. The zero-order chi connectivity index (χ0) is 22.6. The second-order valence-electron chi connectivity index (χ2n) is 7.95. The molecule has 180 valence electrons. The van der Waals surface area contributed by atoms with Crippen LogP contribution in [0.5, 0.6) is 5.75 Å². The lowest BCUT2D eigenvalue weighted by molar-refractivity contribution is -0.122. The van der Waals surface area contributed by atoms with E-state index in [1.807, 2.05) is 31.2 Å². The smallest absolute Gasteiger partial charge is 0.257 e. The molecule has 0 saturated carbocycles. The second kappa shape index (κ2) is 14.7. The number of carbonyl (C=O) groups excluding carboxylic acids is 1. The van der Waals surface area contributed by atoms with E-state index in [-0.39, 0.29) is 36.5 Å². The quantitative estimate of drug-likeness (QED) is 0.235.